The van der Waals surface area contributed by atoms with E-state index in [1.807, 2.05) is 69.4 Å². The molecule has 2 aromatic heterocycles. The number of carbonyl (C=O) groups excluding carboxylic acids is 1. The van der Waals surface area contributed by atoms with Crippen LogP contribution in [0.4, 0.5) is 0 Å². The number of rotatable bonds is 8. The van der Waals surface area contributed by atoms with Crippen LogP contribution in [0.1, 0.15) is 40.5 Å². The first-order valence-electron chi connectivity index (χ1n) is 11.1. The normalized spacial score (nSPS) is 11.0. The molecule has 6 heteroatoms. The first-order valence-corrected chi connectivity index (χ1v) is 11.5. The molecule has 0 saturated heterocycles. The lowest BCUT2D eigenvalue weighted by molar-refractivity contribution is 0.0519. The molecular weight excluding hydrogens is 436 g/mol. The van der Waals surface area contributed by atoms with Crippen LogP contribution in [0.3, 0.4) is 0 Å². The van der Waals surface area contributed by atoms with E-state index < -0.39 is 0 Å². The molecule has 0 fully saturated rings. The average Bonchev–Trinajstić information content (AvgIpc) is 3.20. The van der Waals surface area contributed by atoms with Crippen LogP contribution < -0.4 is 4.74 Å². The van der Waals surface area contributed by atoms with E-state index in [1.54, 1.807) is 6.20 Å². The third-order valence-electron chi connectivity index (χ3n) is 5.64. The van der Waals surface area contributed by atoms with Gasteiger partial charge in [0.15, 0.2) is 0 Å². The highest BCUT2D eigenvalue weighted by molar-refractivity contribution is 6.32. The predicted octanol–water partition coefficient (Wildman–Crippen LogP) is 6.69. The second kappa shape index (κ2) is 10.1. The molecule has 2 heterocycles. The molecule has 0 aliphatic rings. The number of pyridine rings is 1. The maximum atomic E-state index is 12.7. The van der Waals surface area contributed by atoms with Crippen molar-refractivity contribution in [1.29, 1.82) is 0 Å². The maximum absolute atomic E-state index is 12.7. The monoisotopic (exact) mass is 462 g/mol. The van der Waals surface area contributed by atoms with Crippen LogP contribution in [0, 0.1) is 13.8 Å². The molecule has 0 aliphatic carbocycles. The van der Waals surface area contributed by atoms with E-state index in [1.165, 1.54) is 0 Å². The molecule has 0 atom stereocenters. The number of H-pyrrole nitrogens is 1. The Bertz CT molecular complexity index is 1260. The van der Waals surface area contributed by atoms with Gasteiger partial charge in [-0.15, -0.1) is 0 Å². The summed E-state index contributed by atoms with van der Waals surface area (Å²) >= 11 is 6.26. The van der Waals surface area contributed by atoms with Gasteiger partial charge in [-0.3, -0.25) is 4.98 Å². The molecule has 5 nitrogen and oxygen atoms in total. The van der Waals surface area contributed by atoms with Gasteiger partial charge in [-0.1, -0.05) is 35.9 Å². The summed E-state index contributed by atoms with van der Waals surface area (Å²) in [5.74, 6) is 0.462. The topological polar surface area (TPSA) is 64.2 Å². The second-order valence-electron chi connectivity index (χ2n) is 7.99. The van der Waals surface area contributed by atoms with Gasteiger partial charge in [-0.25, -0.2) is 4.79 Å². The van der Waals surface area contributed by atoms with Gasteiger partial charge in [0.2, 0.25) is 0 Å². The Kier molecular flexibility index (Phi) is 6.99. The van der Waals surface area contributed by atoms with Gasteiger partial charge in [0.05, 0.1) is 18.7 Å². The van der Waals surface area contributed by atoms with Crippen LogP contribution in [0.25, 0.3) is 22.0 Å². The lowest BCUT2D eigenvalue weighted by Crippen LogP contribution is -2.09. The van der Waals surface area contributed by atoms with Crippen molar-refractivity contribution >= 4 is 28.5 Å². The zero-order chi connectivity index (χ0) is 23.4. The SMILES string of the molecule is CCOC(=O)c1[nH]c2c(-c3cccnc3)cccc2c1CCCOc1cc(C)c(Cl)c(C)c1. The van der Waals surface area contributed by atoms with Crippen molar-refractivity contribution in [3.05, 3.63) is 82.3 Å². The summed E-state index contributed by atoms with van der Waals surface area (Å²) in [7, 11) is 0. The molecule has 0 bridgehead atoms. The van der Waals surface area contributed by atoms with Crippen LogP contribution in [0.15, 0.2) is 54.9 Å². The number of hydrogen-bond donors (Lipinski definition) is 1. The number of aromatic nitrogens is 2. The van der Waals surface area contributed by atoms with E-state index in [0.717, 1.165) is 55.9 Å². The number of para-hydroxylation sites is 1. The zero-order valence-corrected chi connectivity index (χ0v) is 19.8. The van der Waals surface area contributed by atoms with Gasteiger partial charge in [0.25, 0.3) is 0 Å². The van der Waals surface area contributed by atoms with Crippen LogP contribution in [-0.4, -0.2) is 29.2 Å². The van der Waals surface area contributed by atoms with Crippen molar-refractivity contribution < 1.29 is 14.3 Å². The predicted molar refractivity (Wildman–Crippen MR) is 132 cm³/mol. The number of ether oxygens (including phenoxy) is 2. The van der Waals surface area contributed by atoms with Gasteiger partial charge >= 0.3 is 5.97 Å². The molecule has 1 N–H and O–H groups in total. The fraction of sp³-hybridized carbons (Fsp3) is 0.259. The highest BCUT2D eigenvalue weighted by atomic mass is 35.5. The first-order chi connectivity index (χ1) is 16.0. The van der Waals surface area contributed by atoms with Crippen molar-refractivity contribution in [1.82, 2.24) is 9.97 Å². The summed E-state index contributed by atoms with van der Waals surface area (Å²) in [5.41, 5.74) is 6.34. The summed E-state index contributed by atoms with van der Waals surface area (Å²) < 4.78 is 11.3. The van der Waals surface area contributed by atoms with Crippen LogP contribution in [0.2, 0.25) is 5.02 Å². The van der Waals surface area contributed by atoms with E-state index >= 15 is 0 Å². The molecule has 0 saturated carbocycles. The van der Waals surface area contributed by atoms with Crippen molar-refractivity contribution in [2.75, 3.05) is 13.2 Å². The summed E-state index contributed by atoms with van der Waals surface area (Å²) in [5, 5.41) is 1.78. The smallest absolute Gasteiger partial charge is 0.355 e. The molecule has 0 radical (unpaired) electrons. The Morgan fingerprint density at radius 2 is 1.91 bits per heavy atom. The van der Waals surface area contributed by atoms with E-state index in [-0.39, 0.29) is 5.97 Å². The number of hydrogen-bond acceptors (Lipinski definition) is 4. The molecule has 0 unspecified atom stereocenters. The van der Waals surface area contributed by atoms with E-state index in [4.69, 9.17) is 21.1 Å². The average molecular weight is 463 g/mol. The lowest BCUT2D eigenvalue weighted by atomic mass is 10.0. The number of carbonyl (C=O) groups is 1. The number of aromatic amines is 1. The number of nitrogens with one attached hydrogen (secondary N) is 1. The number of esters is 1. The number of fused-ring (bicyclic) bond motifs is 1. The fourth-order valence-corrected chi connectivity index (χ4v) is 4.21. The Balaban J connectivity index is 1.60. The van der Waals surface area contributed by atoms with Gasteiger partial charge in [-0.2, -0.15) is 0 Å². The highest BCUT2D eigenvalue weighted by Crippen LogP contribution is 2.33. The van der Waals surface area contributed by atoms with Gasteiger partial charge < -0.3 is 14.5 Å². The van der Waals surface area contributed by atoms with Crippen molar-refractivity contribution in [2.45, 2.75) is 33.6 Å². The molecular formula is C27H27ClN2O3. The maximum Gasteiger partial charge on any atom is 0.355 e. The summed E-state index contributed by atoms with van der Waals surface area (Å²) in [6, 6.07) is 13.9. The minimum Gasteiger partial charge on any atom is -0.494 e. The second-order valence-corrected chi connectivity index (χ2v) is 8.37. The molecule has 0 spiro atoms. The van der Waals surface area contributed by atoms with Crippen molar-refractivity contribution in [3.63, 3.8) is 0 Å². The van der Waals surface area contributed by atoms with Crippen LogP contribution in [-0.2, 0) is 11.2 Å². The third-order valence-corrected chi connectivity index (χ3v) is 6.24. The lowest BCUT2D eigenvalue weighted by Gasteiger charge is -2.10. The minimum absolute atomic E-state index is 0.321. The first kappa shape index (κ1) is 22.9. The third kappa shape index (κ3) is 4.88. The van der Waals surface area contributed by atoms with Crippen LogP contribution in [0.5, 0.6) is 5.75 Å². The summed E-state index contributed by atoms with van der Waals surface area (Å²) in [4.78, 5) is 20.3. The molecule has 170 valence electrons. The van der Waals surface area contributed by atoms with E-state index in [2.05, 4.69) is 9.97 Å². The highest BCUT2D eigenvalue weighted by Gasteiger charge is 2.20. The van der Waals surface area contributed by atoms with Gasteiger partial charge in [0, 0.05) is 33.9 Å². The number of benzene rings is 2. The Hall–Kier alpha value is -3.31. The number of aryl methyl sites for hydroxylation is 3. The molecule has 4 rings (SSSR count). The zero-order valence-electron chi connectivity index (χ0n) is 19.1. The minimum atomic E-state index is -0.342. The van der Waals surface area contributed by atoms with Gasteiger partial charge in [-0.05, 0) is 68.5 Å². The van der Waals surface area contributed by atoms with Crippen LogP contribution >= 0.6 is 11.6 Å². The quantitative estimate of drug-likeness (QED) is 0.234. The van der Waals surface area contributed by atoms with Crippen molar-refractivity contribution in [2.24, 2.45) is 0 Å². The molecule has 4 aromatic rings. The Labute approximate surface area is 198 Å². The molecule has 2 aromatic carbocycles. The van der Waals surface area contributed by atoms with E-state index in [0.29, 0.717) is 25.3 Å². The van der Waals surface area contributed by atoms with Gasteiger partial charge in [0.1, 0.15) is 11.4 Å². The molecule has 0 aliphatic heterocycles. The number of nitrogens with zero attached hydrogens (tertiary/aromatic N) is 1. The molecule has 0 amide bonds. The molecule has 33 heavy (non-hydrogen) atoms. The summed E-state index contributed by atoms with van der Waals surface area (Å²) in [6.45, 7) is 6.60. The Morgan fingerprint density at radius 1 is 1.12 bits per heavy atom. The Morgan fingerprint density at radius 3 is 2.61 bits per heavy atom. The van der Waals surface area contributed by atoms with Crippen molar-refractivity contribution in [3.8, 4) is 16.9 Å². The number of halogens is 1. The fourth-order valence-electron chi connectivity index (χ4n) is 4.10. The van der Waals surface area contributed by atoms with E-state index in [9.17, 15) is 4.79 Å². The standard InChI is InChI=1S/C27H27ClN2O3/c1-4-32-27(31)26-23(11-7-13-33-20-14-17(2)24(28)18(3)15-20)22-10-5-9-21(25(22)30-26)19-8-6-12-29-16-19/h5-6,8-10,12,14-16,30H,4,7,11,13H2,1-3H3. The largest absolute Gasteiger partial charge is 0.494 e. The summed E-state index contributed by atoms with van der Waals surface area (Å²) in [6.07, 6.45) is 4.99.